The van der Waals surface area contributed by atoms with Gasteiger partial charge in [-0.3, -0.25) is 4.79 Å². The molecule has 2 heterocycles. The molecule has 0 aliphatic carbocycles. The largest absolute Gasteiger partial charge is 0.372 e. The van der Waals surface area contributed by atoms with Crippen LogP contribution in [-0.4, -0.2) is 54.2 Å². The van der Waals surface area contributed by atoms with E-state index < -0.39 is 0 Å². The molecule has 1 saturated heterocycles. The minimum Gasteiger partial charge on any atom is -0.372 e. The highest BCUT2D eigenvalue weighted by molar-refractivity contribution is 5.99. The van der Waals surface area contributed by atoms with Gasteiger partial charge in [0, 0.05) is 36.7 Å². The van der Waals surface area contributed by atoms with Gasteiger partial charge in [-0.05, 0) is 38.1 Å². The summed E-state index contributed by atoms with van der Waals surface area (Å²) in [6.07, 6.45) is 0.0588. The minimum atomic E-state index is -0.173. The first-order valence-electron chi connectivity index (χ1n) is 8.02. The summed E-state index contributed by atoms with van der Waals surface area (Å²) >= 11 is 0. The molecule has 3 N–H and O–H groups in total. The number of hydrogen-bond acceptors (Lipinski definition) is 3. The molecule has 1 aliphatic heterocycles. The number of nitrogens with zero attached hydrogens (tertiary/aromatic N) is 1. The number of carbonyl (C=O) groups is 2. The standard InChI is InChI=1S/C17H22N4O3/c1-10-8-21(9-11(2)24-10)17(23)19-13-4-5-14-12(6-13)7-15(20-14)16(22)18-3/h4-7,10-11,20H,8-9H2,1-3H3,(H,18,22)(H,19,23). The summed E-state index contributed by atoms with van der Waals surface area (Å²) in [4.78, 5) is 28.9. The van der Waals surface area contributed by atoms with E-state index in [4.69, 9.17) is 4.74 Å². The molecular formula is C17H22N4O3. The molecule has 24 heavy (non-hydrogen) atoms. The number of aromatic nitrogens is 1. The van der Waals surface area contributed by atoms with E-state index in [0.29, 0.717) is 24.5 Å². The lowest BCUT2D eigenvalue weighted by molar-refractivity contribution is -0.0530. The van der Waals surface area contributed by atoms with E-state index in [2.05, 4.69) is 15.6 Å². The highest BCUT2D eigenvalue weighted by Gasteiger charge is 2.25. The molecule has 7 heteroatoms. The van der Waals surface area contributed by atoms with Crippen molar-refractivity contribution in [3.8, 4) is 0 Å². The zero-order valence-corrected chi connectivity index (χ0v) is 14.1. The number of urea groups is 1. The number of fused-ring (bicyclic) bond motifs is 1. The SMILES string of the molecule is CNC(=O)c1cc2cc(NC(=O)N3CC(C)OC(C)C3)ccc2[nH]1. The first kappa shape index (κ1) is 16.3. The van der Waals surface area contributed by atoms with Gasteiger partial charge in [-0.1, -0.05) is 0 Å². The lowest BCUT2D eigenvalue weighted by atomic mass is 10.2. The average Bonchev–Trinajstić information content (AvgIpc) is 2.96. The molecule has 0 radical (unpaired) electrons. The average molecular weight is 330 g/mol. The molecule has 1 aliphatic rings. The van der Waals surface area contributed by atoms with Crippen molar-refractivity contribution in [2.45, 2.75) is 26.1 Å². The van der Waals surface area contributed by atoms with Crippen LogP contribution in [0.15, 0.2) is 24.3 Å². The van der Waals surface area contributed by atoms with E-state index in [1.165, 1.54) is 0 Å². The number of hydrogen-bond donors (Lipinski definition) is 3. The molecule has 2 atom stereocenters. The van der Waals surface area contributed by atoms with Gasteiger partial charge in [0.05, 0.1) is 12.2 Å². The van der Waals surface area contributed by atoms with E-state index in [-0.39, 0.29) is 24.1 Å². The molecule has 7 nitrogen and oxygen atoms in total. The first-order valence-corrected chi connectivity index (χ1v) is 8.02. The quantitative estimate of drug-likeness (QED) is 0.789. The third-order valence-corrected chi connectivity index (χ3v) is 4.05. The second kappa shape index (κ2) is 6.52. The van der Waals surface area contributed by atoms with Crippen molar-refractivity contribution >= 4 is 28.5 Å². The molecule has 1 aromatic carbocycles. The highest BCUT2D eigenvalue weighted by Crippen LogP contribution is 2.21. The van der Waals surface area contributed by atoms with Crippen molar-refractivity contribution in [3.05, 3.63) is 30.0 Å². The first-order chi connectivity index (χ1) is 11.5. The van der Waals surface area contributed by atoms with Gasteiger partial charge in [0.2, 0.25) is 0 Å². The van der Waals surface area contributed by atoms with Gasteiger partial charge >= 0.3 is 6.03 Å². The van der Waals surface area contributed by atoms with E-state index in [0.717, 1.165) is 10.9 Å². The van der Waals surface area contributed by atoms with Gasteiger partial charge < -0.3 is 25.3 Å². The Kier molecular flexibility index (Phi) is 4.44. The van der Waals surface area contributed by atoms with E-state index >= 15 is 0 Å². The highest BCUT2D eigenvalue weighted by atomic mass is 16.5. The Morgan fingerprint density at radius 3 is 2.58 bits per heavy atom. The Morgan fingerprint density at radius 2 is 1.92 bits per heavy atom. The van der Waals surface area contributed by atoms with Crippen molar-refractivity contribution in [1.82, 2.24) is 15.2 Å². The van der Waals surface area contributed by atoms with Crippen molar-refractivity contribution in [3.63, 3.8) is 0 Å². The Balaban J connectivity index is 1.75. The lowest BCUT2D eigenvalue weighted by Gasteiger charge is -2.35. The number of carbonyl (C=O) groups excluding carboxylic acids is 2. The summed E-state index contributed by atoms with van der Waals surface area (Å²) in [5, 5.41) is 6.37. The summed E-state index contributed by atoms with van der Waals surface area (Å²) in [6.45, 7) is 5.07. The number of aromatic amines is 1. The topological polar surface area (TPSA) is 86.5 Å². The van der Waals surface area contributed by atoms with E-state index in [1.807, 2.05) is 32.0 Å². The van der Waals surface area contributed by atoms with Gasteiger partial charge in [-0.15, -0.1) is 0 Å². The summed E-state index contributed by atoms with van der Waals surface area (Å²) in [7, 11) is 1.59. The molecule has 2 aromatic rings. The van der Waals surface area contributed by atoms with Crippen LogP contribution in [0.25, 0.3) is 10.9 Å². The molecule has 0 spiro atoms. The van der Waals surface area contributed by atoms with Crippen molar-refractivity contribution in [2.24, 2.45) is 0 Å². The molecule has 128 valence electrons. The van der Waals surface area contributed by atoms with Gasteiger partial charge in [-0.25, -0.2) is 4.79 Å². The Bertz CT molecular complexity index is 760. The fourth-order valence-corrected chi connectivity index (χ4v) is 3.01. The van der Waals surface area contributed by atoms with Crippen LogP contribution < -0.4 is 10.6 Å². The summed E-state index contributed by atoms with van der Waals surface area (Å²) in [5.74, 6) is -0.173. The summed E-state index contributed by atoms with van der Waals surface area (Å²) in [6, 6.07) is 7.14. The van der Waals surface area contributed by atoms with Crippen molar-refractivity contribution in [1.29, 1.82) is 0 Å². The fourth-order valence-electron chi connectivity index (χ4n) is 3.01. The smallest absolute Gasteiger partial charge is 0.322 e. The fraction of sp³-hybridized carbons (Fsp3) is 0.412. The molecule has 3 amide bonds. The normalized spacial score (nSPS) is 20.9. The molecule has 3 rings (SSSR count). The zero-order valence-electron chi connectivity index (χ0n) is 14.1. The maximum atomic E-state index is 12.4. The number of benzene rings is 1. The second-order valence-electron chi connectivity index (χ2n) is 6.16. The molecule has 1 aromatic heterocycles. The zero-order chi connectivity index (χ0) is 17.3. The van der Waals surface area contributed by atoms with Crippen LogP contribution >= 0.6 is 0 Å². The third-order valence-electron chi connectivity index (χ3n) is 4.05. The number of H-pyrrole nitrogens is 1. The third kappa shape index (κ3) is 3.35. The number of amides is 3. The van der Waals surface area contributed by atoms with Crippen LogP contribution in [0.4, 0.5) is 10.5 Å². The molecular weight excluding hydrogens is 308 g/mol. The van der Waals surface area contributed by atoms with Crippen LogP contribution in [0.2, 0.25) is 0 Å². The number of anilines is 1. The van der Waals surface area contributed by atoms with Gasteiger partial charge in [0.25, 0.3) is 5.91 Å². The van der Waals surface area contributed by atoms with Gasteiger partial charge in [0.15, 0.2) is 0 Å². The summed E-state index contributed by atoms with van der Waals surface area (Å²) < 4.78 is 5.65. The molecule has 0 saturated carbocycles. The van der Waals surface area contributed by atoms with Gasteiger partial charge in [-0.2, -0.15) is 0 Å². The number of ether oxygens (including phenoxy) is 1. The van der Waals surface area contributed by atoms with Crippen LogP contribution in [0.1, 0.15) is 24.3 Å². The van der Waals surface area contributed by atoms with Crippen LogP contribution in [-0.2, 0) is 4.74 Å². The predicted molar refractivity (Wildman–Crippen MR) is 92.3 cm³/mol. The lowest BCUT2D eigenvalue weighted by Crippen LogP contribution is -2.49. The Labute approximate surface area is 140 Å². The molecule has 0 bridgehead atoms. The Hall–Kier alpha value is -2.54. The van der Waals surface area contributed by atoms with Crippen molar-refractivity contribution in [2.75, 3.05) is 25.5 Å². The molecule has 2 unspecified atom stereocenters. The molecule has 1 fully saturated rings. The number of morpholine rings is 1. The second-order valence-corrected chi connectivity index (χ2v) is 6.16. The van der Waals surface area contributed by atoms with E-state index in [9.17, 15) is 9.59 Å². The maximum Gasteiger partial charge on any atom is 0.322 e. The monoisotopic (exact) mass is 330 g/mol. The van der Waals surface area contributed by atoms with Crippen molar-refractivity contribution < 1.29 is 14.3 Å². The number of rotatable bonds is 2. The van der Waals surface area contributed by atoms with Crippen LogP contribution in [0.3, 0.4) is 0 Å². The minimum absolute atomic E-state index is 0.0294. The predicted octanol–water partition coefficient (Wildman–Crippen LogP) is 2.17. The van der Waals surface area contributed by atoms with E-state index in [1.54, 1.807) is 18.0 Å². The van der Waals surface area contributed by atoms with Gasteiger partial charge in [0.1, 0.15) is 5.69 Å². The van der Waals surface area contributed by atoms with Crippen LogP contribution in [0, 0.1) is 0 Å². The Morgan fingerprint density at radius 1 is 1.21 bits per heavy atom. The maximum absolute atomic E-state index is 12.4. The number of nitrogens with one attached hydrogen (secondary N) is 3. The summed E-state index contributed by atoms with van der Waals surface area (Å²) in [5.41, 5.74) is 2.04. The van der Waals surface area contributed by atoms with Crippen LogP contribution in [0.5, 0.6) is 0 Å².